The Morgan fingerprint density at radius 1 is 0.964 bits per heavy atom. The van der Waals surface area contributed by atoms with E-state index < -0.39 is 17.9 Å². The average Bonchev–Trinajstić information content (AvgIpc) is 2.74. The quantitative estimate of drug-likeness (QED) is 0.584. The largest absolute Gasteiger partial charge is 0.322 e. The van der Waals surface area contributed by atoms with Crippen LogP contribution >= 0.6 is 0 Å². The molecule has 0 spiro atoms. The van der Waals surface area contributed by atoms with E-state index in [4.69, 9.17) is 0 Å². The Balaban J connectivity index is 1.76. The maximum Gasteiger partial charge on any atom is 0.257 e. The maximum atomic E-state index is 15.0. The van der Waals surface area contributed by atoms with Gasteiger partial charge in [0, 0.05) is 36.0 Å². The van der Waals surface area contributed by atoms with Crippen molar-refractivity contribution in [2.24, 2.45) is 0 Å². The summed E-state index contributed by atoms with van der Waals surface area (Å²) >= 11 is 0. The monoisotopic (exact) mass is 377 g/mol. The van der Waals surface area contributed by atoms with Crippen molar-refractivity contribution < 1.29 is 13.6 Å². The van der Waals surface area contributed by atoms with Crippen molar-refractivity contribution in [3.05, 3.63) is 90.0 Å². The second-order valence-corrected chi connectivity index (χ2v) is 5.99. The van der Waals surface area contributed by atoms with Crippen LogP contribution in [0, 0.1) is 5.82 Å². The average molecular weight is 377 g/mol. The highest BCUT2D eigenvalue weighted by molar-refractivity contribution is 6.11. The van der Waals surface area contributed by atoms with E-state index >= 15 is 4.39 Å². The lowest BCUT2D eigenvalue weighted by molar-refractivity contribution is 0.102. The minimum absolute atomic E-state index is 0.157. The summed E-state index contributed by atoms with van der Waals surface area (Å²) in [5, 5.41) is 2.66. The molecule has 4 rings (SSSR count). The number of hydrogen-bond acceptors (Lipinski definition) is 5. The summed E-state index contributed by atoms with van der Waals surface area (Å²) in [6.07, 6.45) is 5.43. The molecule has 0 radical (unpaired) electrons. The Morgan fingerprint density at radius 2 is 1.68 bits per heavy atom. The number of aromatic nitrogens is 4. The third kappa shape index (κ3) is 3.52. The summed E-state index contributed by atoms with van der Waals surface area (Å²) in [6.45, 7) is 0. The summed E-state index contributed by atoms with van der Waals surface area (Å²) in [5.41, 5.74) is 1.76. The fourth-order valence-electron chi connectivity index (χ4n) is 2.78. The predicted octanol–water partition coefficient (Wildman–Crippen LogP) is 3.87. The number of benzene rings is 2. The fraction of sp³-hybridized carbons (Fsp3) is 0.0500. The van der Waals surface area contributed by atoms with Crippen LogP contribution in [0.3, 0.4) is 0 Å². The number of rotatable bonds is 4. The lowest BCUT2D eigenvalue weighted by atomic mass is 10.0. The van der Waals surface area contributed by atoms with Gasteiger partial charge >= 0.3 is 0 Å². The van der Waals surface area contributed by atoms with E-state index in [1.54, 1.807) is 0 Å². The standard InChI is InChI=1S/C20H13F2N5O/c21-14-1-3-15(4-2-14)27-20(28)16-7-12(8-17-19(16)26-6-5-25-17)18(22)13-9-23-11-24-10-13/h1-11,18H,(H,27,28). The highest BCUT2D eigenvalue weighted by Gasteiger charge is 2.20. The first-order chi connectivity index (χ1) is 13.6. The van der Waals surface area contributed by atoms with E-state index in [0.29, 0.717) is 16.7 Å². The number of fused-ring (bicyclic) bond motifs is 1. The molecule has 1 atom stereocenters. The topological polar surface area (TPSA) is 80.7 Å². The number of nitrogens with zero attached hydrogens (tertiary/aromatic N) is 4. The van der Waals surface area contributed by atoms with Gasteiger partial charge in [-0.15, -0.1) is 0 Å². The highest BCUT2D eigenvalue weighted by Crippen LogP contribution is 2.29. The van der Waals surface area contributed by atoms with E-state index in [0.717, 1.165) is 0 Å². The maximum absolute atomic E-state index is 15.0. The van der Waals surface area contributed by atoms with Gasteiger partial charge in [-0.25, -0.2) is 18.7 Å². The van der Waals surface area contributed by atoms with Crippen molar-refractivity contribution in [2.45, 2.75) is 6.17 Å². The second kappa shape index (κ2) is 7.43. The molecular formula is C20H13F2N5O. The molecule has 0 aliphatic heterocycles. The second-order valence-electron chi connectivity index (χ2n) is 5.99. The first-order valence-electron chi connectivity index (χ1n) is 8.32. The Labute approximate surface area is 158 Å². The van der Waals surface area contributed by atoms with Gasteiger partial charge in [0.2, 0.25) is 0 Å². The number of nitrogens with one attached hydrogen (secondary N) is 1. The first-order valence-corrected chi connectivity index (χ1v) is 8.32. The van der Waals surface area contributed by atoms with Gasteiger partial charge in [0.1, 0.15) is 17.7 Å². The number of anilines is 1. The SMILES string of the molecule is O=C(Nc1ccc(F)cc1)c1cc(C(F)c2cncnc2)cc2nccnc12. The van der Waals surface area contributed by atoms with Gasteiger partial charge in [-0.3, -0.25) is 14.8 Å². The van der Waals surface area contributed by atoms with Crippen LogP contribution in [0.2, 0.25) is 0 Å². The molecule has 2 heterocycles. The summed E-state index contributed by atoms with van der Waals surface area (Å²) < 4.78 is 28.1. The number of hydrogen-bond donors (Lipinski definition) is 1. The highest BCUT2D eigenvalue weighted by atomic mass is 19.1. The number of carbonyl (C=O) groups is 1. The van der Waals surface area contributed by atoms with Gasteiger partial charge < -0.3 is 5.32 Å². The molecule has 138 valence electrons. The van der Waals surface area contributed by atoms with Crippen LogP contribution in [0.25, 0.3) is 11.0 Å². The molecule has 2 aromatic carbocycles. The molecule has 4 aromatic rings. The molecule has 0 aliphatic rings. The molecule has 1 N–H and O–H groups in total. The Kier molecular flexibility index (Phi) is 4.67. The van der Waals surface area contributed by atoms with Gasteiger partial charge in [0.15, 0.2) is 6.17 Å². The third-order valence-corrected chi connectivity index (χ3v) is 4.11. The predicted molar refractivity (Wildman–Crippen MR) is 98.9 cm³/mol. The lowest BCUT2D eigenvalue weighted by Gasteiger charge is -2.12. The van der Waals surface area contributed by atoms with Crippen LogP contribution in [0.5, 0.6) is 0 Å². The van der Waals surface area contributed by atoms with Gasteiger partial charge in [-0.2, -0.15) is 0 Å². The molecule has 0 saturated heterocycles. The van der Waals surface area contributed by atoms with Crippen molar-refractivity contribution >= 4 is 22.6 Å². The molecular weight excluding hydrogens is 364 g/mol. The van der Waals surface area contributed by atoms with Crippen molar-refractivity contribution in [3.63, 3.8) is 0 Å². The van der Waals surface area contributed by atoms with Crippen LogP contribution in [0.15, 0.2) is 67.5 Å². The smallest absolute Gasteiger partial charge is 0.257 e. The van der Waals surface area contributed by atoms with Crippen LogP contribution in [-0.2, 0) is 0 Å². The molecule has 1 unspecified atom stereocenters. The number of amides is 1. The molecule has 0 aliphatic carbocycles. The zero-order valence-electron chi connectivity index (χ0n) is 14.4. The van der Waals surface area contributed by atoms with E-state index in [2.05, 4.69) is 25.3 Å². The molecule has 0 saturated carbocycles. The number of halogens is 2. The molecule has 6 nitrogen and oxygen atoms in total. The molecule has 0 fully saturated rings. The normalized spacial score (nSPS) is 11.9. The van der Waals surface area contributed by atoms with Gasteiger partial charge in [0.25, 0.3) is 5.91 Å². The zero-order valence-corrected chi connectivity index (χ0v) is 14.4. The Bertz CT molecular complexity index is 1140. The Hall–Kier alpha value is -3.81. The van der Waals surface area contributed by atoms with E-state index in [1.807, 2.05) is 0 Å². The van der Waals surface area contributed by atoms with E-state index in [9.17, 15) is 9.18 Å². The fourth-order valence-corrected chi connectivity index (χ4v) is 2.78. The van der Waals surface area contributed by atoms with Gasteiger partial charge in [0.05, 0.1) is 11.1 Å². The number of alkyl halides is 1. The Morgan fingerprint density at radius 3 is 2.43 bits per heavy atom. The van der Waals surface area contributed by atoms with Crippen molar-refractivity contribution in [2.75, 3.05) is 5.32 Å². The lowest BCUT2D eigenvalue weighted by Crippen LogP contribution is -2.14. The molecule has 2 aromatic heterocycles. The van der Waals surface area contributed by atoms with Crippen molar-refractivity contribution in [1.29, 1.82) is 0 Å². The van der Waals surface area contributed by atoms with Crippen molar-refractivity contribution in [3.8, 4) is 0 Å². The summed E-state index contributed by atoms with van der Waals surface area (Å²) in [5.74, 6) is -0.919. The van der Waals surface area contributed by atoms with Crippen LogP contribution in [-0.4, -0.2) is 25.8 Å². The van der Waals surface area contributed by atoms with Crippen LogP contribution in [0.4, 0.5) is 14.5 Å². The summed E-state index contributed by atoms with van der Waals surface area (Å²) in [7, 11) is 0. The molecule has 8 heteroatoms. The molecule has 28 heavy (non-hydrogen) atoms. The number of carbonyl (C=O) groups excluding carboxylic acids is 1. The van der Waals surface area contributed by atoms with Gasteiger partial charge in [-0.1, -0.05) is 0 Å². The zero-order chi connectivity index (χ0) is 19.5. The first kappa shape index (κ1) is 17.6. The minimum Gasteiger partial charge on any atom is -0.322 e. The minimum atomic E-state index is -1.54. The van der Waals surface area contributed by atoms with Crippen molar-refractivity contribution in [1.82, 2.24) is 19.9 Å². The van der Waals surface area contributed by atoms with Crippen LogP contribution in [0.1, 0.15) is 27.7 Å². The van der Waals surface area contributed by atoms with Crippen LogP contribution < -0.4 is 5.32 Å². The third-order valence-electron chi connectivity index (χ3n) is 4.11. The van der Waals surface area contributed by atoms with E-state index in [-0.39, 0.29) is 16.7 Å². The molecule has 1 amide bonds. The summed E-state index contributed by atoms with van der Waals surface area (Å²) in [6, 6.07) is 8.30. The molecule has 0 bridgehead atoms. The van der Waals surface area contributed by atoms with Gasteiger partial charge in [-0.05, 0) is 42.0 Å². The van der Waals surface area contributed by atoms with E-state index in [1.165, 1.54) is 67.5 Å². The summed E-state index contributed by atoms with van der Waals surface area (Å²) in [4.78, 5) is 28.8.